The van der Waals surface area contributed by atoms with Crippen LogP contribution in [0, 0.1) is 0 Å². The standard InChI is InChI=1S/C22H24N2O5S/c1-28-20-8-6-17(16-21(20)30(26,27)23-12-14-29-15-13-23)7-9-22(25)24-11-10-18-4-2-3-5-19(18)24/h2-9,16H,10-15H2,1H3/b9-7+. The van der Waals surface area contributed by atoms with E-state index in [1.165, 1.54) is 17.5 Å². The Bertz CT molecular complexity index is 1070. The molecule has 158 valence electrons. The summed E-state index contributed by atoms with van der Waals surface area (Å²) in [6.07, 6.45) is 3.95. The Morgan fingerprint density at radius 2 is 1.87 bits per heavy atom. The SMILES string of the molecule is COc1ccc(/C=C/C(=O)N2CCc3ccccc32)cc1S(=O)(=O)N1CCOCC1. The van der Waals surface area contributed by atoms with Gasteiger partial charge in [0.2, 0.25) is 10.0 Å². The highest BCUT2D eigenvalue weighted by Gasteiger charge is 2.29. The monoisotopic (exact) mass is 428 g/mol. The number of fused-ring (bicyclic) bond motifs is 1. The minimum atomic E-state index is -3.72. The molecular formula is C22H24N2O5S. The zero-order chi connectivity index (χ0) is 21.1. The number of nitrogens with zero attached hydrogens (tertiary/aromatic N) is 2. The van der Waals surface area contributed by atoms with Crippen molar-refractivity contribution in [3.05, 3.63) is 59.7 Å². The second kappa shape index (κ2) is 8.59. The van der Waals surface area contributed by atoms with Crippen LogP contribution in [0.2, 0.25) is 0 Å². The van der Waals surface area contributed by atoms with Crippen LogP contribution in [0.25, 0.3) is 6.08 Å². The lowest BCUT2D eigenvalue weighted by Gasteiger charge is -2.26. The maximum atomic E-state index is 13.1. The molecule has 7 nitrogen and oxygen atoms in total. The number of carbonyl (C=O) groups excluding carboxylic acids is 1. The quantitative estimate of drug-likeness (QED) is 0.683. The first-order valence-corrected chi connectivity index (χ1v) is 11.3. The lowest BCUT2D eigenvalue weighted by Crippen LogP contribution is -2.40. The van der Waals surface area contributed by atoms with Gasteiger partial charge in [-0.3, -0.25) is 4.79 Å². The normalized spacial score (nSPS) is 17.3. The van der Waals surface area contributed by atoms with Crippen molar-refractivity contribution in [2.75, 3.05) is 44.9 Å². The summed E-state index contributed by atoms with van der Waals surface area (Å²) in [6, 6.07) is 12.7. The van der Waals surface area contributed by atoms with Crippen LogP contribution in [0.1, 0.15) is 11.1 Å². The molecule has 2 aromatic rings. The van der Waals surface area contributed by atoms with Crippen LogP contribution < -0.4 is 9.64 Å². The minimum Gasteiger partial charge on any atom is -0.495 e. The second-order valence-electron chi connectivity index (χ2n) is 7.13. The van der Waals surface area contributed by atoms with Gasteiger partial charge in [-0.05, 0) is 41.8 Å². The number of para-hydroxylation sites is 1. The number of hydrogen-bond acceptors (Lipinski definition) is 5. The highest BCUT2D eigenvalue weighted by atomic mass is 32.2. The van der Waals surface area contributed by atoms with Crippen molar-refractivity contribution in [1.29, 1.82) is 0 Å². The molecule has 2 aromatic carbocycles. The zero-order valence-corrected chi connectivity index (χ0v) is 17.6. The van der Waals surface area contributed by atoms with Crippen molar-refractivity contribution in [2.24, 2.45) is 0 Å². The molecule has 0 bridgehead atoms. The molecule has 1 amide bonds. The third kappa shape index (κ3) is 3.98. The Balaban J connectivity index is 1.58. The van der Waals surface area contributed by atoms with E-state index in [-0.39, 0.29) is 16.6 Å². The van der Waals surface area contributed by atoms with Gasteiger partial charge < -0.3 is 14.4 Å². The van der Waals surface area contributed by atoms with Gasteiger partial charge in [-0.2, -0.15) is 4.31 Å². The Hall–Kier alpha value is -2.68. The van der Waals surface area contributed by atoms with Crippen molar-refractivity contribution in [2.45, 2.75) is 11.3 Å². The molecule has 2 heterocycles. The molecule has 2 aliphatic heterocycles. The van der Waals surface area contributed by atoms with E-state index in [0.29, 0.717) is 38.4 Å². The molecule has 1 fully saturated rings. The molecule has 30 heavy (non-hydrogen) atoms. The first-order chi connectivity index (χ1) is 14.5. The topological polar surface area (TPSA) is 76.2 Å². The molecule has 2 aliphatic rings. The van der Waals surface area contributed by atoms with Crippen molar-refractivity contribution in [1.82, 2.24) is 4.31 Å². The van der Waals surface area contributed by atoms with E-state index in [2.05, 4.69) is 0 Å². The molecule has 0 atom stereocenters. The summed E-state index contributed by atoms with van der Waals surface area (Å²) in [5.74, 6) is 0.145. The highest BCUT2D eigenvalue weighted by Crippen LogP contribution is 2.30. The van der Waals surface area contributed by atoms with Crippen LogP contribution in [0.3, 0.4) is 0 Å². The number of anilines is 1. The van der Waals surface area contributed by atoms with E-state index < -0.39 is 10.0 Å². The summed E-state index contributed by atoms with van der Waals surface area (Å²) >= 11 is 0. The molecule has 0 unspecified atom stereocenters. The summed E-state index contributed by atoms with van der Waals surface area (Å²) in [5.41, 5.74) is 2.70. The largest absolute Gasteiger partial charge is 0.495 e. The maximum absolute atomic E-state index is 13.1. The Kier molecular flexibility index (Phi) is 5.90. The summed E-state index contributed by atoms with van der Waals surface area (Å²) in [6.45, 7) is 1.98. The number of morpholine rings is 1. The number of hydrogen-bond donors (Lipinski definition) is 0. The van der Waals surface area contributed by atoms with Crippen molar-refractivity contribution < 1.29 is 22.7 Å². The Morgan fingerprint density at radius 3 is 2.63 bits per heavy atom. The van der Waals surface area contributed by atoms with Gasteiger partial charge in [0.05, 0.1) is 20.3 Å². The second-order valence-corrected chi connectivity index (χ2v) is 9.04. The average molecular weight is 429 g/mol. The van der Waals surface area contributed by atoms with E-state index in [1.807, 2.05) is 24.3 Å². The van der Waals surface area contributed by atoms with Gasteiger partial charge in [-0.25, -0.2) is 8.42 Å². The molecule has 0 N–H and O–H groups in total. The van der Waals surface area contributed by atoms with Crippen molar-refractivity contribution in [3.63, 3.8) is 0 Å². The molecule has 1 saturated heterocycles. The van der Waals surface area contributed by atoms with Gasteiger partial charge in [0.25, 0.3) is 5.91 Å². The predicted octanol–water partition coefficient (Wildman–Crippen LogP) is 2.32. The summed E-state index contributed by atoms with van der Waals surface area (Å²) in [4.78, 5) is 14.5. The van der Waals surface area contributed by atoms with Gasteiger partial charge >= 0.3 is 0 Å². The van der Waals surface area contributed by atoms with E-state index in [0.717, 1.165) is 17.7 Å². The number of benzene rings is 2. The molecular weight excluding hydrogens is 404 g/mol. The van der Waals surface area contributed by atoms with Gasteiger partial charge in [-0.15, -0.1) is 0 Å². The summed E-state index contributed by atoms with van der Waals surface area (Å²) in [7, 11) is -2.28. The van der Waals surface area contributed by atoms with Crippen LogP contribution in [-0.4, -0.2) is 58.6 Å². The van der Waals surface area contributed by atoms with Gasteiger partial charge in [0.15, 0.2) is 0 Å². The predicted molar refractivity (Wildman–Crippen MR) is 114 cm³/mol. The van der Waals surface area contributed by atoms with Crippen LogP contribution >= 0.6 is 0 Å². The number of amides is 1. The van der Waals surface area contributed by atoms with Gasteiger partial charge in [0.1, 0.15) is 10.6 Å². The number of sulfonamides is 1. The molecule has 8 heteroatoms. The van der Waals surface area contributed by atoms with Crippen LogP contribution in [-0.2, 0) is 26.0 Å². The van der Waals surface area contributed by atoms with Crippen LogP contribution in [0.5, 0.6) is 5.75 Å². The smallest absolute Gasteiger partial charge is 0.251 e. The maximum Gasteiger partial charge on any atom is 0.251 e. The van der Waals surface area contributed by atoms with Crippen molar-refractivity contribution >= 4 is 27.7 Å². The molecule has 0 aromatic heterocycles. The first kappa shape index (κ1) is 20.6. The lowest BCUT2D eigenvalue weighted by molar-refractivity contribution is -0.114. The lowest BCUT2D eigenvalue weighted by atomic mass is 10.2. The fourth-order valence-corrected chi connectivity index (χ4v) is 5.35. The Labute approximate surface area is 176 Å². The number of carbonyl (C=O) groups is 1. The van der Waals surface area contributed by atoms with Gasteiger partial charge in [-0.1, -0.05) is 24.3 Å². The average Bonchev–Trinajstić information content (AvgIpc) is 3.22. The van der Waals surface area contributed by atoms with Crippen LogP contribution in [0.4, 0.5) is 5.69 Å². The number of methoxy groups -OCH3 is 1. The van der Waals surface area contributed by atoms with Gasteiger partial charge in [0, 0.05) is 31.4 Å². The van der Waals surface area contributed by atoms with Crippen molar-refractivity contribution in [3.8, 4) is 5.75 Å². The molecule has 0 spiro atoms. The number of rotatable bonds is 5. The van der Waals surface area contributed by atoms with E-state index in [9.17, 15) is 13.2 Å². The molecule has 0 aliphatic carbocycles. The summed E-state index contributed by atoms with van der Waals surface area (Å²) < 4.78 is 38.1. The zero-order valence-electron chi connectivity index (χ0n) is 16.8. The third-order valence-electron chi connectivity index (χ3n) is 5.35. The molecule has 4 rings (SSSR count). The van der Waals surface area contributed by atoms with E-state index in [4.69, 9.17) is 9.47 Å². The minimum absolute atomic E-state index is 0.0908. The highest BCUT2D eigenvalue weighted by molar-refractivity contribution is 7.89. The van der Waals surface area contributed by atoms with E-state index >= 15 is 0 Å². The number of ether oxygens (including phenoxy) is 2. The first-order valence-electron chi connectivity index (χ1n) is 9.84. The molecule has 0 saturated carbocycles. The summed E-state index contributed by atoms with van der Waals surface area (Å²) in [5, 5.41) is 0. The van der Waals surface area contributed by atoms with E-state index in [1.54, 1.807) is 29.2 Å². The third-order valence-corrected chi connectivity index (χ3v) is 7.27. The fraction of sp³-hybridized carbons (Fsp3) is 0.318. The molecule has 0 radical (unpaired) electrons. The Morgan fingerprint density at radius 1 is 1.10 bits per heavy atom. The fourth-order valence-electron chi connectivity index (χ4n) is 3.75. The van der Waals surface area contributed by atoms with Crippen LogP contribution in [0.15, 0.2) is 53.4 Å².